The van der Waals surface area contributed by atoms with E-state index in [1.165, 1.54) is 24.3 Å². The van der Waals surface area contributed by atoms with Gasteiger partial charge in [-0.25, -0.2) is 13.1 Å². The molecule has 0 bridgehead atoms. The van der Waals surface area contributed by atoms with Crippen molar-refractivity contribution < 1.29 is 27.9 Å². The number of hydrogen-bond acceptors (Lipinski definition) is 7. The average Bonchev–Trinajstić information content (AvgIpc) is 2.82. The fourth-order valence-corrected chi connectivity index (χ4v) is 5.15. The summed E-state index contributed by atoms with van der Waals surface area (Å²) in [6.45, 7) is 6.35. The molecule has 11 heteroatoms. The van der Waals surface area contributed by atoms with E-state index in [4.69, 9.17) is 4.74 Å². The maximum Gasteiger partial charge on any atom is 0.251 e. The van der Waals surface area contributed by atoms with Gasteiger partial charge in [-0.15, -0.1) is 0 Å². The number of ether oxygens (including phenoxy) is 1. The minimum Gasteiger partial charge on any atom is -0.394 e. The lowest BCUT2D eigenvalue weighted by Crippen LogP contribution is -2.53. The van der Waals surface area contributed by atoms with Gasteiger partial charge < -0.3 is 20.5 Å². The molecule has 1 aliphatic rings. The highest BCUT2D eigenvalue weighted by atomic mass is 32.2. The Morgan fingerprint density at radius 1 is 1.06 bits per heavy atom. The average molecular weight is 505 g/mol. The zero-order valence-corrected chi connectivity index (χ0v) is 20.7. The lowest BCUT2D eigenvalue weighted by Gasteiger charge is -2.35. The summed E-state index contributed by atoms with van der Waals surface area (Å²) in [5, 5.41) is 14.6. The minimum absolute atomic E-state index is 0.0571. The number of carbonyl (C=O) groups is 2. The van der Waals surface area contributed by atoms with Crippen molar-refractivity contribution in [1.82, 2.24) is 14.9 Å². The van der Waals surface area contributed by atoms with Crippen LogP contribution in [0.1, 0.15) is 24.2 Å². The molecule has 2 aromatic carbocycles. The quantitative estimate of drug-likeness (QED) is 0.376. The second-order valence-electron chi connectivity index (χ2n) is 8.97. The SMILES string of the molecule is CC(C)(CN1CCOCC1)NS(=O)(=O)c1ccc(NC(=O)C(CO)NC(=O)c2ccccc2)cc1. The van der Waals surface area contributed by atoms with Gasteiger partial charge in [-0.05, 0) is 50.2 Å². The summed E-state index contributed by atoms with van der Waals surface area (Å²) in [7, 11) is -3.80. The molecule has 1 aliphatic heterocycles. The van der Waals surface area contributed by atoms with Crippen LogP contribution >= 0.6 is 0 Å². The van der Waals surface area contributed by atoms with E-state index >= 15 is 0 Å². The zero-order chi connectivity index (χ0) is 25.5. The molecule has 190 valence electrons. The molecule has 2 amide bonds. The first kappa shape index (κ1) is 26.8. The maximum absolute atomic E-state index is 12.9. The Labute approximate surface area is 205 Å². The van der Waals surface area contributed by atoms with E-state index in [0.717, 1.165) is 13.1 Å². The summed E-state index contributed by atoms with van der Waals surface area (Å²) in [5.74, 6) is -1.12. The highest BCUT2D eigenvalue weighted by Crippen LogP contribution is 2.18. The third-order valence-electron chi connectivity index (χ3n) is 5.41. The Morgan fingerprint density at radius 2 is 1.69 bits per heavy atom. The molecular weight excluding hydrogens is 472 g/mol. The molecule has 1 unspecified atom stereocenters. The first-order chi connectivity index (χ1) is 16.6. The fraction of sp³-hybridized carbons (Fsp3) is 0.417. The molecule has 2 aromatic rings. The van der Waals surface area contributed by atoms with Gasteiger partial charge >= 0.3 is 0 Å². The van der Waals surface area contributed by atoms with Gasteiger partial charge in [0.2, 0.25) is 15.9 Å². The summed E-state index contributed by atoms with van der Waals surface area (Å²) in [4.78, 5) is 27.0. The summed E-state index contributed by atoms with van der Waals surface area (Å²) >= 11 is 0. The number of amides is 2. The van der Waals surface area contributed by atoms with Crippen LogP contribution in [-0.4, -0.2) is 81.3 Å². The van der Waals surface area contributed by atoms with E-state index in [9.17, 15) is 23.1 Å². The van der Waals surface area contributed by atoms with E-state index in [-0.39, 0.29) is 4.90 Å². The number of carbonyl (C=O) groups excluding carboxylic acids is 2. The van der Waals surface area contributed by atoms with Crippen LogP contribution in [0.25, 0.3) is 0 Å². The smallest absolute Gasteiger partial charge is 0.251 e. The van der Waals surface area contributed by atoms with Gasteiger partial charge in [0.25, 0.3) is 5.91 Å². The molecule has 10 nitrogen and oxygen atoms in total. The van der Waals surface area contributed by atoms with Crippen LogP contribution in [0.5, 0.6) is 0 Å². The monoisotopic (exact) mass is 504 g/mol. The van der Waals surface area contributed by atoms with Gasteiger partial charge in [-0.1, -0.05) is 18.2 Å². The van der Waals surface area contributed by atoms with Crippen molar-refractivity contribution in [2.75, 3.05) is 44.8 Å². The highest BCUT2D eigenvalue weighted by molar-refractivity contribution is 7.89. The van der Waals surface area contributed by atoms with Crippen LogP contribution in [0.2, 0.25) is 0 Å². The maximum atomic E-state index is 12.9. The van der Waals surface area contributed by atoms with E-state index in [2.05, 4.69) is 20.3 Å². The molecular formula is C24H32N4O6S. The molecule has 4 N–H and O–H groups in total. The third-order valence-corrected chi connectivity index (χ3v) is 7.12. The van der Waals surface area contributed by atoms with Crippen LogP contribution in [0, 0.1) is 0 Å². The van der Waals surface area contributed by atoms with Crippen molar-refractivity contribution in [2.45, 2.75) is 30.3 Å². The van der Waals surface area contributed by atoms with Crippen molar-refractivity contribution in [3.63, 3.8) is 0 Å². The lowest BCUT2D eigenvalue weighted by molar-refractivity contribution is -0.118. The molecule has 3 rings (SSSR count). The predicted octanol–water partition coefficient (Wildman–Crippen LogP) is 0.805. The third kappa shape index (κ3) is 7.84. The standard InChI is InChI=1S/C24H32N4O6S/c1-24(2,17-28-12-14-34-15-13-28)27-35(32,33)20-10-8-19(9-11-20)25-23(31)21(16-29)26-22(30)18-6-4-3-5-7-18/h3-11,21,27,29H,12-17H2,1-2H3,(H,25,31)(H,26,30). The van der Waals surface area contributed by atoms with Crippen molar-refractivity contribution in [1.29, 1.82) is 0 Å². The van der Waals surface area contributed by atoms with Gasteiger partial charge in [0.15, 0.2) is 0 Å². The minimum atomic E-state index is -3.80. The van der Waals surface area contributed by atoms with Crippen LogP contribution in [0.3, 0.4) is 0 Å². The Balaban J connectivity index is 1.59. The number of aliphatic hydroxyl groups is 1. The number of benzene rings is 2. The van der Waals surface area contributed by atoms with E-state index in [0.29, 0.717) is 31.0 Å². The molecule has 1 heterocycles. The predicted molar refractivity (Wildman–Crippen MR) is 132 cm³/mol. The molecule has 1 fully saturated rings. The lowest BCUT2D eigenvalue weighted by atomic mass is 10.1. The fourth-order valence-electron chi connectivity index (χ4n) is 3.75. The van der Waals surface area contributed by atoms with Crippen molar-refractivity contribution >= 4 is 27.5 Å². The molecule has 35 heavy (non-hydrogen) atoms. The largest absolute Gasteiger partial charge is 0.394 e. The summed E-state index contributed by atoms with van der Waals surface area (Å²) < 4.78 is 33.9. The topological polar surface area (TPSA) is 137 Å². The summed E-state index contributed by atoms with van der Waals surface area (Å²) in [6, 6.07) is 12.8. The van der Waals surface area contributed by atoms with Gasteiger partial charge in [-0.2, -0.15) is 0 Å². The number of aliphatic hydroxyl groups excluding tert-OH is 1. The Bertz CT molecular complexity index is 1100. The molecule has 1 atom stereocenters. The van der Waals surface area contributed by atoms with Crippen molar-refractivity contribution in [2.24, 2.45) is 0 Å². The number of nitrogens with one attached hydrogen (secondary N) is 3. The second-order valence-corrected chi connectivity index (χ2v) is 10.6. The Morgan fingerprint density at radius 3 is 2.29 bits per heavy atom. The molecule has 0 aromatic heterocycles. The summed E-state index contributed by atoms with van der Waals surface area (Å²) in [5.41, 5.74) is -0.0137. The molecule has 0 radical (unpaired) electrons. The van der Waals surface area contributed by atoms with Gasteiger partial charge in [0, 0.05) is 36.4 Å². The Kier molecular flexibility index (Phi) is 8.98. The van der Waals surface area contributed by atoms with Crippen molar-refractivity contribution in [3.8, 4) is 0 Å². The van der Waals surface area contributed by atoms with E-state index in [1.54, 1.807) is 30.3 Å². The Hall–Kier alpha value is -2.83. The number of morpholine rings is 1. The number of hydrogen-bond donors (Lipinski definition) is 4. The number of sulfonamides is 1. The van der Waals surface area contributed by atoms with Gasteiger partial charge in [-0.3, -0.25) is 14.5 Å². The van der Waals surface area contributed by atoms with Gasteiger partial charge in [0.1, 0.15) is 6.04 Å². The first-order valence-corrected chi connectivity index (χ1v) is 12.8. The number of rotatable bonds is 10. The van der Waals surface area contributed by atoms with E-state index < -0.39 is 40.0 Å². The molecule has 0 aliphatic carbocycles. The van der Waals surface area contributed by atoms with Crippen LogP contribution in [-0.2, 0) is 19.6 Å². The van der Waals surface area contributed by atoms with Crippen LogP contribution in [0.15, 0.2) is 59.5 Å². The highest BCUT2D eigenvalue weighted by Gasteiger charge is 2.29. The van der Waals surface area contributed by atoms with Gasteiger partial charge in [0.05, 0.1) is 24.7 Å². The van der Waals surface area contributed by atoms with Crippen LogP contribution < -0.4 is 15.4 Å². The second kappa shape index (κ2) is 11.7. The number of anilines is 1. The molecule has 0 saturated carbocycles. The van der Waals surface area contributed by atoms with E-state index in [1.807, 2.05) is 13.8 Å². The number of nitrogens with zero attached hydrogens (tertiary/aromatic N) is 1. The summed E-state index contributed by atoms with van der Waals surface area (Å²) in [6.07, 6.45) is 0. The first-order valence-electron chi connectivity index (χ1n) is 11.3. The van der Waals surface area contributed by atoms with Crippen molar-refractivity contribution in [3.05, 3.63) is 60.2 Å². The zero-order valence-electron chi connectivity index (χ0n) is 19.9. The molecule has 1 saturated heterocycles. The molecule has 0 spiro atoms. The van der Waals surface area contributed by atoms with Crippen LogP contribution in [0.4, 0.5) is 5.69 Å². The normalized spacial score (nSPS) is 15.9.